The van der Waals surface area contributed by atoms with Crippen molar-refractivity contribution in [1.82, 2.24) is 20.1 Å². The average molecular weight is 520 g/mol. The molecule has 0 aliphatic carbocycles. The molecule has 1 heterocycles. The van der Waals surface area contributed by atoms with Crippen molar-refractivity contribution < 1.29 is 9.59 Å². The molecule has 2 N–H and O–H groups in total. The average Bonchev–Trinajstić information content (AvgIpc) is 3.16. The second-order valence-electron chi connectivity index (χ2n) is 8.11. The highest BCUT2D eigenvalue weighted by molar-refractivity contribution is 7.99. The number of amides is 2. The summed E-state index contributed by atoms with van der Waals surface area (Å²) in [6.45, 7) is 6.04. The van der Waals surface area contributed by atoms with Crippen LogP contribution in [-0.4, -0.2) is 32.3 Å². The zero-order valence-electron chi connectivity index (χ0n) is 19.4. The van der Waals surface area contributed by atoms with E-state index >= 15 is 0 Å². The third kappa shape index (κ3) is 6.52. The van der Waals surface area contributed by atoms with Crippen molar-refractivity contribution in [2.24, 2.45) is 13.0 Å². The molecule has 0 spiro atoms. The second kappa shape index (κ2) is 11.7. The topological polar surface area (TPSA) is 88.9 Å². The fourth-order valence-electron chi connectivity index (χ4n) is 3.30. The monoisotopic (exact) mass is 519 g/mol. The molecule has 0 saturated heterocycles. The number of carbonyl (C=O) groups excluding carboxylic acids is 2. The van der Waals surface area contributed by atoms with Gasteiger partial charge in [0.15, 0.2) is 11.0 Å². The molecule has 3 rings (SSSR count). The highest BCUT2D eigenvalue weighted by atomic mass is 35.5. The van der Waals surface area contributed by atoms with E-state index in [4.69, 9.17) is 23.2 Å². The van der Waals surface area contributed by atoms with Gasteiger partial charge in [0.2, 0.25) is 5.91 Å². The first-order chi connectivity index (χ1) is 16.2. The molecule has 0 saturated carbocycles. The molecule has 0 unspecified atom stereocenters. The number of hydrogen-bond acceptors (Lipinski definition) is 5. The summed E-state index contributed by atoms with van der Waals surface area (Å²) in [4.78, 5) is 25.2. The van der Waals surface area contributed by atoms with Crippen LogP contribution in [0.25, 0.3) is 0 Å². The Morgan fingerprint density at radius 2 is 1.79 bits per heavy atom. The summed E-state index contributed by atoms with van der Waals surface area (Å²) >= 11 is 13.4. The first-order valence-electron chi connectivity index (χ1n) is 10.9. The molecular formula is C24H27Cl2N5O2S. The molecule has 3 aromatic rings. The summed E-state index contributed by atoms with van der Waals surface area (Å²) in [5.41, 5.74) is 2.30. The van der Waals surface area contributed by atoms with Gasteiger partial charge < -0.3 is 15.2 Å². The van der Waals surface area contributed by atoms with Gasteiger partial charge in [0, 0.05) is 17.8 Å². The number of carbonyl (C=O) groups is 2. The van der Waals surface area contributed by atoms with Crippen LogP contribution >= 0.6 is 35.0 Å². The van der Waals surface area contributed by atoms with E-state index < -0.39 is 6.04 Å². The molecular weight excluding hydrogens is 493 g/mol. The quantitative estimate of drug-likeness (QED) is 0.362. The van der Waals surface area contributed by atoms with E-state index in [0.29, 0.717) is 21.6 Å². The molecule has 10 heteroatoms. The van der Waals surface area contributed by atoms with E-state index in [0.717, 1.165) is 12.1 Å². The number of aryl methyl sites for hydroxylation is 1. The number of aromatic nitrogens is 3. The van der Waals surface area contributed by atoms with Crippen LogP contribution in [0.2, 0.25) is 10.0 Å². The fourth-order valence-corrected chi connectivity index (χ4v) is 4.51. The lowest BCUT2D eigenvalue weighted by molar-refractivity contribution is -0.113. The number of hydrogen-bond donors (Lipinski definition) is 2. The van der Waals surface area contributed by atoms with E-state index in [1.54, 1.807) is 16.7 Å². The van der Waals surface area contributed by atoms with Gasteiger partial charge in [-0.15, -0.1) is 10.2 Å². The highest BCUT2D eigenvalue weighted by Crippen LogP contribution is 2.26. The van der Waals surface area contributed by atoms with Crippen molar-refractivity contribution in [3.63, 3.8) is 0 Å². The van der Waals surface area contributed by atoms with Gasteiger partial charge in [0.05, 0.1) is 22.4 Å². The van der Waals surface area contributed by atoms with Crippen LogP contribution < -0.4 is 10.6 Å². The summed E-state index contributed by atoms with van der Waals surface area (Å²) in [5.74, 6) is 0.341. The Morgan fingerprint density at radius 1 is 1.09 bits per heavy atom. The van der Waals surface area contributed by atoms with Gasteiger partial charge in [-0.3, -0.25) is 9.59 Å². The van der Waals surface area contributed by atoms with Crippen molar-refractivity contribution in [3.8, 4) is 0 Å². The van der Waals surface area contributed by atoms with E-state index in [2.05, 4.69) is 27.8 Å². The molecule has 0 radical (unpaired) electrons. The SMILES string of the molecule is CCc1ccc(NC(=O)CSc2nnc([C@H](NC(=O)c3ccc(Cl)cc3Cl)C(C)C)n2C)cc1. The van der Waals surface area contributed by atoms with Crippen molar-refractivity contribution >= 4 is 52.5 Å². The van der Waals surface area contributed by atoms with Crippen LogP contribution in [0.5, 0.6) is 0 Å². The summed E-state index contributed by atoms with van der Waals surface area (Å²) in [6, 6.07) is 12.1. The second-order valence-corrected chi connectivity index (χ2v) is 9.89. The van der Waals surface area contributed by atoms with Gasteiger partial charge in [-0.05, 0) is 48.2 Å². The molecule has 0 aliphatic rings. The number of halogens is 2. The van der Waals surface area contributed by atoms with Gasteiger partial charge in [-0.1, -0.05) is 67.9 Å². The Labute approximate surface area is 213 Å². The zero-order chi connectivity index (χ0) is 24.8. The Balaban J connectivity index is 1.66. The normalized spacial score (nSPS) is 12.0. The minimum absolute atomic E-state index is 0.0326. The van der Waals surface area contributed by atoms with Crippen molar-refractivity contribution in [2.45, 2.75) is 38.4 Å². The number of thioether (sulfide) groups is 1. The number of benzene rings is 2. The molecule has 34 heavy (non-hydrogen) atoms. The van der Waals surface area contributed by atoms with Crippen molar-refractivity contribution in [3.05, 3.63) is 69.5 Å². The minimum atomic E-state index is -0.406. The highest BCUT2D eigenvalue weighted by Gasteiger charge is 2.26. The lowest BCUT2D eigenvalue weighted by Gasteiger charge is -2.22. The van der Waals surface area contributed by atoms with Crippen molar-refractivity contribution in [1.29, 1.82) is 0 Å². The minimum Gasteiger partial charge on any atom is -0.342 e. The standard InChI is InChI=1S/C24H27Cl2N5O2S/c1-5-15-6-9-17(10-7-15)27-20(32)13-34-24-30-29-22(31(24)4)21(14(2)3)28-23(33)18-11-8-16(25)12-19(18)26/h6-12,14,21H,5,13H2,1-4H3,(H,27,32)(H,28,33)/t21-/m1/s1. The fraction of sp³-hybridized carbons (Fsp3) is 0.333. The summed E-state index contributed by atoms with van der Waals surface area (Å²) < 4.78 is 1.79. The van der Waals surface area contributed by atoms with Crippen molar-refractivity contribution in [2.75, 3.05) is 11.1 Å². The smallest absolute Gasteiger partial charge is 0.253 e. The molecule has 7 nitrogen and oxygen atoms in total. The maximum Gasteiger partial charge on any atom is 0.253 e. The van der Waals surface area contributed by atoms with Gasteiger partial charge in [-0.2, -0.15) is 0 Å². The molecule has 0 bridgehead atoms. The Morgan fingerprint density at radius 3 is 2.41 bits per heavy atom. The van der Waals surface area contributed by atoms with E-state index in [1.807, 2.05) is 45.2 Å². The van der Waals surface area contributed by atoms with Gasteiger partial charge in [0.1, 0.15) is 0 Å². The Bertz CT molecular complexity index is 1160. The summed E-state index contributed by atoms with van der Waals surface area (Å²) in [6.07, 6.45) is 0.948. The van der Waals surface area contributed by atoms with Crippen LogP contribution in [0, 0.1) is 5.92 Å². The predicted octanol–water partition coefficient (Wildman–Crippen LogP) is 5.54. The largest absolute Gasteiger partial charge is 0.342 e. The molecule has 0 aliphatic heterocycles. The van der Waals surface area contributed by atoms with Gasteiger partial charge in [-0.25, -0.2) is 0 Å². The third-order valence-electron chi connectivity index (χ3n) is 5.25. The van der Waals surface area contributed by atoms with Crippen LogP contribution in [0.1, 0.15) is 48.6 Å². The zero-order valence-corrected chi connectivity index (χ0v) is 21.8. The molecule has 1 aromatic heterocycles. The van der Waals surface area contributed by atoms with Gasteiger partial charge >= 0.3 is 0 Å². The molecule has 0 fully saturated rings. The van der Waals surface area contributed by atoms with Crippen LogP contribution in [-0.2, 0) is 18.3 Å². The molecule has 2 aromatic carbocycles. The third-order valence-corrected chi connectivity index (χ3v) is 6.82. The molecule has 180 valence electrons. The van der Waals surface area contributed by atoms with Crippen LogP contribution in [0.3, 0.4) is 0 Å². The Kier molecular flexibility index (Phi) is 8.99. The number of rotatable bonds is 9. The predicted molar refractivity (Wildman–Crippen MR) is 138 cm³/mol. The summed E-state index contributed by atoms with van der Waals surface area (Å²) in [7, 11) is 1.82. The van der Waals surface area contributed by atoms with E-state index in [1.165, 1.54) is 23.4 Å². The molecule has 2 amide bonds. The van der Waals surface area contributed by atoms with Crippen LogP contribution in [0.15, 0.2) is 47.6 Å². The maximum absolute atomic E-state index is 12.9. The first kappa shape index (κ1) is 26.1. The van der Waals surface area contributed by atoms with E-state index in [-0.39, 0.29) is 28.5 Å². The lowest BCUT2D eigenvalue weighted by Crippen LogP contribution is -2.33. The Hall–Kier alpha value is -2.55. The number of anilines is 1. The maximum atomic E-state index is 12.9. The van der Waals surface area contributed by atoms with Crippen LogP contribution in [0.4, 0.5) is 5.69 Å². The van der Waals surface area contributed by atoms with Gasteiger partial charge in [0.25, 0.3) is 5.91 Å². The number of nitrogens with zero attached hydrogens (tertiary/aromatic N) is 3. The number of nitrogens with one attached hydrogen (secondary N) is 2. The molecule has 1 atom stereocenters. The first-order valence-corrected chi connectivity index (χ1v) is 12.6. The van der Waals surface area contributed by atoms with E-state index in [9.17, 15) is 9.59 Å². The lowest BCUT2D eigenvalue weighted by atomic mass is 10.0. The summed E-state index contributed by atoms with van der Waals surface area (Å²) in [5, 5.41) is 15.7.